The summed E-state index contributed by atoms with van der Waals surface area (Å²) in [6.45, 7) is -0.265. The fraction of sp³-hybridized carbons (Fsp3) is 0.176. The van der Waals surface area contributed by atoms with E-state index in [0.29, 0.717) is 17.1 Å². The predicted molar refractivity (Wildman–Crippen MR) is 90.0 cm³/mol. The second kappa shape index (κ2) is 7.87. The Bertz CT molecular complexity index is 719. The predicted octanol–water partition coefficient (Wildman–Crippen LogP) is 1.34. The van der Waals surface area contributed by atoms with Crippen LogP contribution in [0.5, 0.6) is 11.5 Å². The molecule has 2 aromatic rings. The number of hydrazine groups is 1. The Morgan fingerprint density at radius 2 is 1.83 bits per heavy atom. The van der Waals surface area contributed by atoms with Crippen LogP contribution in [0.2, 0.25) is 0 Å². The van der Waals surface area contributed by atoms with E-state index in [4.69, 9.17) is 15.2 Å². The third-order valence-corrected chi connectivity index (χ3v) is 3.21. The molecule has 0 fully saturated rings. The summed E-state index contributed by atoms with van der Waals surface area (Å²) in [6, 6.07) is 14.1. The largest absolute Gasteiger partial charge is 0.493 e. The van der Waals surface area contributed by atoms with Crippen molar-refractivity contribution in [2.75, 3.05) is 25.8 Å². The van der Waals surface area contributed by atoms with E-state index < -0.39 is 5.91 Å². The molecule has 0 aliphatic carbocycles. The van der Waals surface area contributed by atoms with E-state index >= 15 is 0 Å². The van der Waals surface area contributed by atoms with E-state index in [0.717, 1.165) is 5.69 Å². The SMILES string of the molecule is COc1cc(C(=O)NN(C)c2ccccc2)ccc1OCC(N)=O. The first-order valence-corrected chi connectivity index (χ1v) is 7.20. The summed E-state index contributed by atoms with van der Waals surface area (Å²) in [6.07, 6.45) is 0. The average Bonchev–Trinajstić information content (AvgIpc) is 2.60. The van der Waals surface area contributed by atoms with Crippen LogP contribution in [0.3, 0.4) is 0 Å². The van der Waals surface area contributed by atoms with Crippen molar-refractivity contribution >= 4 is 17.5 Å². The lowest BCUT2D eigenvalue weighted by molar-refractivity contribution is -0.119. The lowest BCUT2D eigenvalue weighted by atomic mass is 10.2. The van der Waals surface area contributed by atoms with Gasteiger partial charge in [-0.1, -0.05) is 18.2 Å². The van der Waals surface area contributed by atoms with Gasteiger partial charge < -0.3 is 15.2 Å². The van der Waals surface area contributed by atoms with Crippen LogP contribution in [0.4, 0.5) is 5.69 Å². The smallest absolute Gasteiger partial charge is 0.269 e. The lowest BCUT2D eigenvalue weighted by Crippen LogP contribution is -2.39. The first-order valence-electron chi connectivity index (χ1n) is 7.20. The van der Waals surface area contributed by atoms with Gasteiger partial charge in [-0.15, -0.1) is 0 Å². The number of benzene rings is 2. The van der Waals surface area contributed by atoms with Crippen molar-refractivity contribution in [1.29, 1.82) is 0 Å². The molecule has 0 unspecified atom stereocenters. The van der Waals surface area contributed by atoms with Crippen molar-refractivity contribution in [3.63, 3.8) is 0 Å². The molecule has 0 saturated carbocycles. The number of amides is 2. The third-order valence-electron chi connectivity index (χ3n) is 3.21. The molecular weight excluding hydrogens is 310 g/mol. The van der Waals surface area contributed by atoms with Gasteiger partial charge >= 0.3 is 0 Å². The normalized spacial score (nSPS) is 9.92. The Labute approximate surface area is 139 Å². The Kier molecular flexibility index (Phi) is 5.62. The average molecular weight is 329 g/mol. The molecule has 0 atom stereocenters. The van der Waals surface area contributed by atoms with Crippen LogP contribution in [-0.2, 0) is 4.79 Å². The number of hydrogen-bond acceptors (Lipinski definition) is 5. The molecule has 0 saturated heterocycles. The second-order valence-electron chi connectivity index (χ2n) is 4.96. The molecule has 2 aromatic carbocycles. The number of nitrogens with zero attached hydrogens (tertiary/aromatic N) is 1. The molecule has 24 heavy (non-hydrogen) atoms. The minimum atomic E-state index is -0.594. The van der Waals surface area contributed by atoms with Crippen LogP contribution in [0, 0.1) is 0 Å². The maximum Gasteiger partial charge on any atom is 0.269 e. The molecule has 7 heteroatoms. The zero-order chi connectivity index (χ0) is 17.5. The highest BCUT2D eigenvalue weighted by atomic mass is 16.5. The highest BCUT2D eigenvalue weighted by Crippen LogP contribution is 2.28. The highest BCUT2D eigenvalue weighted by Gasteiger charge is 2.13. The summed E-state index contributed by atoms with van der Waals surface area (Å²) in [4.78, 5) is 23.1. The molecule has 0 aliphatic rings. The molecule has 0 radical (unpaired) electrons. The van der Waals surface area contributed by atoms with E-state index in [2.05, 4.69) is 5.43 Å². The van der Waals surface area contributed by atoms with Crippen LogP contribution in [0.15, 0.2) is 48.5 Å². The zero-order valence-corrected chi connectivity index (χ0v) is 13.5. The van der Waals surface area contributed by atoms with Gasteiger partial charge in [0.2, 0.25) is 0 Å². The molecule has 0 aromatic heterocycles. The van der Waals surface area contributed by atoms with Gasteiger partial charge in [-0.3, -0.25) is 20.0 Å². The fourth-order valence-corrected chi connectivity index (χ4v) is 2.01. The number of primary amides is 1. The maximum absolute atomic E-state index is 12.4. The highest BCUT2D eigenvalue weighted by molar-refractivity contribution is 5.95. The summed E-state index contributed by atoms with van der Waals surface area (Å²) >= 11 is 0. The standard InChI is InChI=1S/C17H19N3O4/c1-20(13-6-4-3-5-7-13)19-17(22)12-8-9-14(15(10-12)23-2)24-11-16(18)21/h3-10H,11H2,1-2H3,(H2,18,21)(H,19,22). The number of nitrogens with one attached hydrogen (secondary N) is 1. The molecule has 2 rings (SSSR count). The summed E-state index contributed by atoms with van der Waals surface area (Å²) in [5.41, 5.74) is 9.04. The molecule has 7 nitrogen and oxygen atoms in total. The Hall–Kier alpha value is -3.22. The number of rotatable bonds is 7. The van der Waals surface area contributed by atoms with Gasteiger partial charge in [0.1, 0.15) is 0 Å². The number of methoxy groups -OCH3 is 1. The summed E-state index contributed by atoms with van der Waals surface area (Å²) in [5.74, 6) is -0.222. The van der Waals surface area contributed by atoms with Crippen molar-refractivity contribution in [2.24, 2.45) is 5.73 Å². The monoisotopic (exact) mass is 329 g/mol. The first kappa shape index (κ1) is 17.1. The van der Waals surface area contributed by atoms with Crippen LogP contribution in [0.1, 0.15) is 10.4 Å². The van der Waals surface area contributed by atoms with Crippen LogP contribution in [-0.4, -0.2) is 32.6 Å². The number of para-hydroxylation sites is 1. The van der Waals surface area contributed by atoms with Gasteiger partial charge in [0.15, 0.2) is 18.1 Å². The molecule has 0 bridgehead atoms. The van der Waals surface area contributed by atoms with Crippen molar-refractivity contribution in [1.82, 2.24) is 5.43 Å². The van der Waals surface area contributed by atoms with E-state index in [1.807, 2.05) is 30.3 Å². The minimum Gasteiger partial charge on any atom is -0.493 e. The van der Waals surface area contributed by atoms with Gasteiger partial charge in [-0.25, -0.2) is 0 Å². The molecule has 0 heterocycles. The molecular formula is C17H19N3O4. The Morgan fingerprint density at radius 3 is 2.46 bits per heavy atom. The summed E-state index contributed by atoms with van der Waals surface area (Å²) in [5, 5.41) is 1.62. The summed E-state index contributed by atoms with van der Waals surface area (Å²) < 4.78 is 10.4. The molecule has 0 spiro atoms. The van der Waals surface area contributed by atoms with Crippen molar-refractivity contribution in [3.05, 3.63) is 54.1 Å². The van der Waals surface area contributed by atoms with E-state index in [1.54, 1.807) is 24.2 Å². The zero-order valence-electron chi connectivity index (χ0n) is 13.5. The first-order chi connectivity index (χ1) is 11.5. The number of nitrogens with two attached hydrogens (primary N) is 1. The van der Waals surface area contributed by atoms with Crippen LogP contribution in [0.25, 0.3) is 0 Å². The Balaban J connectivity index is 2.10. The quantitative estimate of drug-likeness (QED) is 0.748. The van der Waals surface area contributed by atoms with Crippen LogP contribution < -0.4 is 25.6 Å². The lowest BCUT2D eigenvalue weighted by Gasteiger charge is -2.20. The number of carbonyl (C=O) groups excluding carboxylic acids is 2. The number of ether oxygens (including phenoxy) is 2. The van der Waals surface area contributed by atoms with Gasteiger partial charge in [0.25, 0.3) is 11.8 Å². The van der Waals surface area contributed by atoms with Crippen LogP contribution >= 0.6 is 0 Å². The van der Waals surface area contributed by atoms with Gasteiger partial charge in [-0.05, 0) is 30.3 Å². The fourth-order valence-electron chi connectivity index (χ4n) is 2.01. The van der Waals surface area contributed by atoms with E-state index in [1.165, 1.54) is 13.2 Å². The topological polar surface area (TPSA) is 93.9 Å². The van der Waals surface area contributed by atoms with E-state index in [9.17, 15) is 9.59 Å². The maximum atomic E-state index is 12.4. The van der Waals surface area contributed by atoms with Gasteiger partial charge in [-0.2, -0.15) is 0 Å². The Morgan fingerprint density at radius 1 is 1.12 bits per heavy atom. The molecule has 126 valence electrons. The molecule has 2 amide bonds. The number of hydrogen-bond donors (Lipinski definition) is 2. The molecule has 3 N–H and O–H groups in total. The number of anilines is 1. The minimum absolute atomic E-state index is 0.265. The molecule has 0 aliphatic heterocycles. The number of carbonyl (C=O) groups is 2. The van der Waals surface area contributed by atoms with Crippen molar-refractivity contribution < 1.29 is 19.1 Å². The second-order valence-corrected chi connectivity index (χ2v) is 4.96. The van der Waals surface area contributed by atoms with E-state index in [-0.39, 0.29) is 12.5 Å². The van der Waals surface area contributed by atoms with Crippen molar-refractivity contribution in [3.8, 4) is 11.5 Å². The third kappa shape index (κ3) is 4.39. The van der Waals surface area contributed by atoms with Gasteiger partial charge in [0, 0.05) is 12.6 Å². The van der Waals surface area contributed by atoms with Crippen molar-refractivity contribution in [2.45, 2.75) is 0 Å². The summed E-state index contributed by atoms with van der Waals surface area (Å²) in [7, 11) is 3.19. The van der Waals surface area contributed by atoms with Gasteiger partial charge in [0.05, 0.1) is 12.8 Å².